The monoisotopic (exact) mass is 778 g/mol. The number of aliphatic hydroxyl groups is 3. The van der Waals surface area contributed by atoms with Crippen molar-refractivity contribution in [2.75, 3.05) is 13.2 Å². The maximum absolute atomic E-state index is 14.0. The van der Waals surface area contributed by atoms with Crippen LogP contribution < -0.4 is 0 Å². The largest absolute Gasteiger partial charge is 0.472 e. The average molecular weight is 779 g/mol. The summed E-state index contributed by atoms with van der Waals surface area (Å²) in [5.41, 5.74) is -7.64. The molecule has 0 radical (unpaired) electrons. The highest BCUT2D eigenvalue weighted by Gasteiger charge is 2.78. The Hall–Kier alpha value is -4.28. The highest BCUT2D eigenvalue weighted by molar-refractivity contribution is 5.76. The number of carbonyl (C=O) groups excluding carboxylic acids is 6. The second-order valence-corrected chi connectivity index (χ2v) is 15.6. The lowest BCUT2D eigenvalue weighted by atomic mass is 9.46. The zero-order chi connectivity index (χ0) is 41.3. The zero-order valence-electron chi connectivity index (χ0n) is 32.6. The molecule has 2 saturated carbocycles. The van der Waals surface area contributed by atoms with Crippen LogP contribution in [0.3, 0.4) is 0 Å². The summed E-state index contributed by atoms with van der Waals surface area (Å²) in [7, 11) is 0. The lowest BCUT2D eigenvalue weighted by Gasteiger charge is -2.62. The van der Waals surface area contributed by atoms with Crippen molar-refractivity contribution >= 4 is 36.3 Å². The molecule has 0 aromatic carbocycles. The molecule has 3 aliphatic rings. The normalized spacial score (nSPS) is 37.0. The average Bonchev–Trinajstić information content (AvgIpc) is 3.71. The van der Waals surface area contributed by atoms with Crippen molar-refractivity contribution in [2.45, 2.75) is 129 Å². The number of furan rings is 1. The second-order valence-electron chi connectivity index (χ2n) is 15.6. The van der Waals surface area contributed by atoms with Crippen LogP contribution in [0.5, 0.6) is 0 Å². The van der Waals surface area contributed by atoms with Gasteiger partial charge in [-0.15, -0.1) is 0 Å². The number of hydrogen-bond acceptors (Lipinski definition) is 16. The number of cyclic esters (lactones) is 1. The van der Waals surface area contributed by atoms with Crippen LogP contribution in [0.2, 0.25) is 0 Å². The first-order valence-corrected chi connectivity index (χ1v) is 18.5. The van der Waals surface area contributed by atoms with E-state index >= 15 is 0 Å². The van der Waals surface area contributed by atoms with Gasteiger partial charge >= 0.3 is 29.8 Å². The third-order valence-corrected chi connectivity index (χ3v) is 12.5. The molecule has 2 heterocycles. The summed E-state index contributed by atoms with van der Waals surface area (Å²) in [6, 6.07) is 1.61. The van der Waals surface area contributed by atoms with Gasteiger partial charge in [-0.25, -0.2) is 4.79 Å². The summed E-state index contributed by atoms with van der Waals surface area (Å²) in [5, 5.41) is 35.5. The lowest BCUT2D eigenvalue weighted by molar-refractivity contribution is -0.251. The Bertz CT molecular complexity index is 1620. The van der Waals surface area contributed by atoms with Crippen molar-refractivity contribution in [3.63, 3.8) is 0 Å². The fraction of sp³-hybridized carbons (Fsp3) is 0.692. The minimum Gasteiger partial charge on any atom is -0.472 e. The van der Waals surface area contributed by atoms with Gasteiger partial charge in [-0.3, -0.25) is 24.0 Å². The van der Waals surface area contributed by atoms with Gasteiger partial charge in [0.2, 0.25) is 0 Å². The molecule has 1 saturated heterocycles. The van der Waals surface area contributed by atoms with E-state index in [0.29, 0.717) is 12.0 Å². The summed E-state index contributed by atoms with van der Waals surface area (Å²) in [6.07, 6.45) is -6.14. The SMILES string of the molecule is C=C1C(C2(C)C(OC(C)=O)CC(=O)OC(C)(CO)C2CC(=O)OCC)C(OC=O)C(OC(=O)C(O)C(C)CC)C2(C)C(c3ccoc3)CC(OC(C)=O)C12O. The first-order chi connectivity index (χ1) is 25.7. The van der Waals surface area contributed by atoms with Gasteiger partial charge in [-0.05, 0) is 43.4 Å². The Morgan fingerprint density at radius 2 is 1.71 bits per heavy atom. The van der Waals surface area contributed by atoms with Crippen LogP contribution >= 0.6 is 0 Å². The predicted octanol–water partition coefficient (Wildman–Crippen LogP) is 2.69. The maximum atomic E-state index is 14.0. The number of ether oxygens (including phenoxy) is 6. The van der Waals surface area contributed by atoms with Crippen molar-refractivity contribution in [3.8, 4) is 0 Å². The molecule has 1 aliphatic heterocycles. The fourth-order valence-electron chi connectivity index (χ4n) is 9.61. The topological polar surface area (TPSA) is 232 Å². The number of rotatable bonds is 14. The van der Waals surface area contributed by atoms with E-state index in [1.807, 2.05) is 0 Å². The van der Waals surface area contributed by atoms with E-state index in [2.05, 4.69) is 6.58 Å². The van der Waals surface area contributed by atoms with Crippen molar-refractivity contribution in [1.82, 2.24) is 0 Å². The van der Waals surface area contributed by atoms with Crippen LogP contribution in [-0.4, -0.2) is 107 Å². The van der Waals surface area contributed by atoms with Crippen molar-refractivity contribution < 1.29 is 76.9 Å². The molecule has 13 atom stereocenters. The summed E-state index contributed by atoms with van der Waals surface area (Å²) >= 11 is 0. The van der Waals surface area contributed by atoms with Gasteiger partial charge in [0.1, 0.15) is 35.6 Å². The second kappa shape index (κ2) is 16.4. The van der Waals surface area contributed by atoms with Gasteiger partial charge in [0.25, 0.3) is 6.47 Å². The van der Waals surface area contributed by atoms with Crippen molar-refractivity contribution in [1.29, 1.82) is 0 Å². The molecule has 0 spiro atoms. The number of aliphatic hydroxyl groups excluding tert-OH is 2. The van der Waals surface area contributed by atoms with Crippen LogP contribution in [0.15, 0.2) is 35.2 Å². The van der Waals surface area contributed by atoms with E-state index in [9.17, 15) is 44.1 Å². The summed E-state index contributed by atoms with van der Waals surface area (Å²) in [4.78, 5) is 79.2. The number of hydrogen-bond donors (Lipinski definition) is 3. The molecule has 16 nitrogen and oxygen atoms in total. The maximum Gasteiger partial charge on any atom is 0.335 e. The van der Waals surface area contributed by atoms with E-state index in [1.54, 1.807) is 33.8 Å². The van der Waals surface area contributed by atoms with Crippen LogP contribution in [0.25, 0.3) is 0 Å². The molecule has 1 aromatic heterocycles. The Morgan fingerprint density at radius 1 is 1.07 bits per heavy atom. The fourth-order valence-corrected chi connectivity index (χ4v) is 9.61. The van der Waals surface area contributed by atoms with Gasteiger partial charge in [-0.1, -0.05) is 40.7 Å². The molecule has 4 rings (SSSR count). The zero-order valence-corrected chi connectivity index (χ0v) is 32.6. The molecule has 0 bridgehead atoms. The predicted molar refractivity (Wildman–Crippen MR) is 188 cm³/mol. The van der Waals surface area contributed by atoms with E-state index in [0.717, 1.165) is 13.8 Å². The first kappa shape index (κ1) is 43.4. The van der Waals surface area contributed by atoms with Crippen LogP contribution in [0.1, 0.15) is 92.6 Å². The molecular formula is C39H54O16. The molecule has 3 fully saturated rings. The van der Waals surface area contributed by atoms with E-state index in [1.165, 1.54) is 26.4 Å². The van der Waals surface area contributed by atoms with Crippen LogP contribution in [0, 0.1) is 28.6 Å². The summed E-state index contributed by atoms with van der Waals surface area (Å²) < 4.78 is 40.3. The summed E-state index contributed by atoms with van der Waals surface area (Å²) in [5.74, 6) is -8.84. The molecule has 306 valence electrons. The van der Waals surface area contributed by atoms with E-state index in [4.69, 9.17) is 32.8 Å². The summed E-state index contributed by atoms with van der Waals surface area (Å²) in [6.45, 7) is 15.1. The van der Waals surface area contributed by atoms with Gasteiger partial charge in [0, 0.05) is 37.0 Å². The minimum absolute atomic E-state index is 0.0492. The standard InChI is InChI=1S/C39H54O16/c1-10-20(3)32(46)35(47)54-34-33(51-19-41)31(21(4)39(48)28(53-23(6)43)14-25(38(34,39)9)24-12-13-49-17-24)37(8)26(15-29(44)50-11-2)36(7,18-40)55-30(45)16-27(37)52-22(5)42/h12-13,17,19-20,25-28,31-34,40,46,48H,4,10-11,14-16,18H2,1-3,5-9H3. The molecule has 16 heteroatoms. The number of esters is 5. The molecular weight excluding hydrogens is 724 g/mol. The lowest BCUT2D eigenvalue weighted by Crippen LogP contribution is -2.72. The number of fused-ring (bicyclic) bond motifs is 1. The van der Waals surface area contributed by atoms with Gasteiger partial charge in [0.05, 0.1) is 44.0 Å². The Labute approximate surface area is 319 Å². The third kappa shape index (κ3) is 7.40. The third-order valence-electron chi connectivity index (χ3n) is 12.5. The first-order valence-electron chi connectivity index (χ1n) is 18.5. The van der Waals surface area contributed by atoms with Crippen molar-refractivity contribution in [2.24, 2.45) is 28.6 Å². The molecule has 13 unspecified atom stereocenters. The highest BCUT2D eigenvalue weighted by atomic mass is 16.6. The molecule has 2 aliphatic carbocycles. The molecule has 3 N–H and O–H groups in total. The quantitative estimate of drug-likeness (QED) is 0.107. The molecule has 0 amide bonds. The van der Waals surface area contributed by atoms with E-state index < -0.39 is 126 Å². The molecule has 1 aromatic rings. The smallest absolute Gasteiger partial charge is 0.335 e. The van der Waals surface area contributed by atoms with Crippen LogP contribution in [0.4, 0.5) is 0 Å². The minimum atomic E-state index is -2.38. The number of carbonyl (C=O) groups is 6. The van der Waals surface area contributed by atoms with Gasteiger partial charge in [0.15, 0.2) is 6.10 Å². The Balaban J connectivity index is 2.16. The van der Waals surface area contributed by atoms with Crippen molar-refractivity contribution in [3.05, 3.63) is 36.3 Å². The molecule has 55 heavy (non-hydrogen) atoms. The highest BCUT2D eigenvalue weighted by Crippen LogP contribution is 2.69. The van der Waals surface area contributed by atoms with Gasteiger partial charge < -0.3 is 48.2 Å². The van der Waals surface area contributed by atoms with E-state index in [-0.39, 0.29) is 25.1 Å². The van der Waals surface area contributed by atoms with Crippen LogP contribution in [-0.2, 0) is 57.2 Å². The Morgan fingerprint density at radius 3 is 2.24 bits per heavy atom. The van der Waals surface area contributed by atoms with Gasteiger partial charge in [-0.2, -0.15) is 0 Å². The Kier molecular flexibility index (Phi) is 13.0.